The Morgan fingerprint density at radius 3 is 2.85 bits per heavy atom. The Labute approximate surface area is 195 Å². The van der Waals surface area contributed by atoms with Gasteiger partial charge in [-0.1, -0.05) is 23.7 Å². The van der Waals surface area contributed by atoms with Crippen molar-refractivity contribution in [1.82, 2.24) is 24.8 Å². The van der Waals surface area contributed by atoms with Gasteiger partial charge in [0.05, 0.1) is 22.6 Å². The second-order valence-corrected chi connectivity index (χ2v) is 8.75. The highest BCUT2D eigenvalue weighted by Crippen LogP contribution is 2.26. The van der Waals surface area contributed by atoms with E-state index in [1.807, 2.05) is 31.2 Å². The zero-order chi connectivity index (χ0) is 23.1. The first kappa shape index (κ1) is 21.4. The summed E-state index contributed by atoms with van der Waals surface area (Å²) in [5.74, 6) is 0.345. The zero-order valence-electron chi connectivity index (χ0n) is 18.0. The number of carbonyl (C=O) groups excluding carboxylic acids is 2. The molecular formula is C24H23ClN6O2. The van der Waals surface area contributed by atoms with Gasteiger partial charge in [-0.15, -0.1) is 0 Å². The number of halogens is 1. The maximum absolute atomic E-state index is 13.3. The monoisotopic (exact) mass is 462 g/mol. The fourth-order valence-electron chi connectivity index (χ4n) is 4.60. The molecule has 4 aromatic rings. The number of aldehydes is 1. The third-order valence-corrected chi connectivity index (χ3v) is 6.74. The molecule has 168 valence electrons. The number of nitrogen functional groups attached to an aromatic ring is 1. The summed E-state index contributed by atoms with van der Waals surface area (Å²) >= 11 is 6.15. The lowest BCUT2D eigenvalue weighted by Gasteiger charge is -2.44. The minimum atomic E-state index is -0.419. The minimum absolute atomic E-state index is 0.0977. The molecule has 2 aromatic heterocycles. The number of H-pyrrole nitrogens is 1. The van der Waals surface area contributed by atoms with Crippen LogP contribution in [0.25, 0.3) is 21.8 Å². The predicted molar refractivity (Wildman–Crippen MR) is 128 cm³/mol. The van der Waals surface area contributed by atoms with Crippen LogP contribution in [-0.2, 0) is 11.3 Å². The molecule has 0 aliphatic carbocycles. The van der Waals surface area contributed by atoms with Crippen molar-refractivity contribution in [2.24, 2.45) is 0 Å². The molecule has 5 rings (SSSR count). The molecule has 0 radical (unpaired) electrons. The highest BCUT2D eigenvalue weighted by atomic mass is 35.5. The summed E-state index contributed by atoms with van der Waals surface area (Å²) < 4.78 is 0. The Morgan fingerprint density at radius 2 is 2.03 bits per heavy atom. The second-order valence-electron chi connectivity index (χ2n) is 8.34. The fourth-order valence-corrected chi connectivity index (χ4v) is 4.81. The van der Waals surface area contributed by atoms with Crippen LogP contribution in [0.4, 0.5) is 5.82 Å². The van der Waals surface area contributed by atoms with Crippen molar-refractivity contribution in [2.45, 2.75) is 25.6 Å². The number of nitrogens with one attached hydrogen (secondary N) is 1. The number of carbonyl (C=O) groups is 2. The van der Waals surface area contributed by atoms with Gasteiger partial charge in [0.15, 0.2) is 0 Å². The molecule has 1 unspecified atom stereocenters. The quantitative estimate of drug-likeness (QED) is 0.451. The SMILES string of the molecule is C[C@H]1C(C=O)N(Cc2ccc3c(N)ncnc3c2)CCN1C(=O)c1ccc2c(Cl)c[nH]c2c1. The minimum Gasteiger partial charge on any atom is -0.383 e. The van der Waals surface area contributed by atoms with Crippen LogP contribution < -0.4 is 5.73 Å². The van der Waals surface area contributed by atoms with Crippen LogP contribution in [0.1, 0.15) is 22.8 Å². The zero-order valence-corrected chi connectivity index (χ0v) is 18.8. The van der Waals surface area contributed by atoms with E-state index in [1.165, 1.54) is 6.33 Å². The van der Waals surface area contributed by atoms with Gasteiger partial charge in [0.2, 0.25) is 0 Å². The van der Waals surface area contributed by atoms with Gasteiger partial charge < -0.3 is 20.4 Å². The average Bonchev–Trinajstić information content (AvgIpc) is 3.19. The lowest BCUT2D eigenvalue weighted by atomic mass is 10.0. The molecule has 1 aliphatic heterocycles. The lowest BCUT2D eigenvalue weighted by molar-refractivity contribution is -0.116. The number of nitrogens with two attached hydrogens (primary N) is 1. The summed E-state index contributed by atoms with van der Waals surface area (Å²) in [7, 11) is 0. The number of aromatic amines is 1. The Bertz CT molecular complexity index is 1370. The maximum atomic E-state index is 13.3. The van der Waals surface area contributed by atoms with Gasteiger partial charge in [-0.2, -0.15) is 0 Å². The molecule has 1 fully saturated rings. The molecule has 0 saturated carbocycles. The first-order valence-corrected chi connectivity index (χ1v) is 11.1. The fraction of sp³-hybridized carbons (Fsp3) is 0.250. The van der Waals surface area contributed by atoms with E-state index < -0.39 is 6.04 Å². The number of aromatic nitrogens is 3. The number of rotatable bonds is 4. The van der Waals surface area contributed by atoms with Crippen LogP contribution in [0, 0.1) is 0 Å². The van der Waals surface area contributed by atoms with E-state index in [0.29, 0.717) is 36.0 Å². The predicted octanol–water partition coefficient (Wildman–Crippen LogP) is 3.26. The van der Waals surface area contributed by atoms with E-state index in [0.717, 1.165) is 33.7 Å². The van der Waals surface area contributed by atoms with Crippen molar-refractivity contribution in [3.05, 3.63) is 65.1 Å². The number of benzene rings is 2. The number of anilines is 1. The van der Waals surface area contributed by atoms with Crippen LogP contribution in [-0.4, -0.2) is 62.1 Å². The van der Waals surface area contributed by atoms with Crippen molar-refractivity contribution < 1.29 is 9.59 Å². The second kappa shape index (κ2) is 8.46. The molecule has 0 spiro atoms. The van der Waals surface area contributed by atoms with Crippen molar-refractivity contribution in [1.29, 1.82) is 0 Å². The van der Waals surface area contributed by atoms with E-state index >= 15 is 0 Å². The largest absolute Gasteiger partial charge is 0.383 e. The highest BCUT2D eigenvalue weighted by Gasteiger charge is 2.36. The van der Waals surface area contributed by atoms with Gasteiger partial charge in [-0.05, 0) is 36.8 Å². The summed E-state index contributed by atoms with van der Waals surface area (Å²) in [5, 5.41) is 2.30. The van der Waals surface area contributed by atoms with E-state index in [9.17, 15) is 9.59 Å². The number of piperazine rings is 1. The van der Waals surface area contributed by atoms with Crippen molar-refractivity contribution >= 4 is 51.4 Å². The van der Waals surface area contributed by atoms with Crippen LogP contribution in [0.15, 0.2) is 48.9 Å². The van der Waals surface area contributed by atoms with Crippen molar-refractivity contribution in [2.75, 3.05) is 18.8 Å². The third-order valence-electron chi connectivity index (χ3n) is 6.43. The van der Waals surface area contributed by atoms with Gasteiger partial charge in [0.25, 0.3) is 5.91 Å². The van der Waals surface area contributed by atoms with Gasteiger partial charge in [0.1, 0.15) is 18.4 Å². The third kappa shape index (κ3) is 3.81. The summed E-state index contributed by atoms with van der Waals surface area (Å²) in [5.41, 5.74) is 9.09. The molecule has 2 aromatic carbocycles. The molecule has 3 N–H and O–H groups in total. The molecule has 0 bridgehead atoms. The van der Waals surface area contributed by atoms with E-state index in [-0.39, 0.29) is 11.9 Å². The summed E-state index contributed by atoms with van der Waals surface area (Å²) in [6.45, 7) is 3.60. The van der Waals surface area contributed by atoms with Crippen molar-refractivity contribution in [3.8, 4) is 0 Å². The van der Waals surface area contributed by atoms with Gasteiger partial charge in [0, 0.05) is 47.7 Å². The van der Waals surface area contributed by atoms with E-state index in [2.05, 4.69) is 19.9 Å². The summed E-state index contributed by atoms with van der Waals surface area (Å²) in [4.78, 5) is 40.6. The van der Waals surface area contributed by atoms with E-state index in [1.54, 1.807) is 23.2 Å². The van der Waals surface area contributed by atoms with Crippen LogP contribution in [0.2, 0.25) is 5.02 Å². The molecule has 1 amide bonds. The Hall–Kier alpha value is -3.49. The Morgan fingerprint density at radius 1 is 1.21 bits per heavy atom. The normalized spacial score (nSPS) is 19.3. The number of amides is 1. The first-order valence-electron chi connectivity index (χ1n) is 10.7. The van der Waals surface area contributed by atoms with Crippen LogP contribution in [0.3, 0.4) is 0 Å². The topological polar surface area (TPSA) is 108 Å². The maximum Gasteiger partial charge on any atom is 0.254 e. The number of hydrogen-bond donors (Lipinski definition) is 2. The first-order chi connectivity index (χ1) is 16.0. The molecule has 8 nitrogen and oxygen atoms in total. The number of fused-ring (bicyclic) bond motifs is 2. The standard InChI is InChI=1S/C24H23ClN6O2/c1-14-22(12-32)30(11-15-2-4-18-20(8-15)28-13-29-23(18)26)6-7-31(14)24(33)16-3-5-17-19(25)10-27-21(17)9-16/h2-5,8-10,12-14,22,27H,6-7,11H2,1H3,(H2,26,28,29)/t14-,22?/m0/s1. The highest BCUT2D eigenvalue weighted by molar-refractivity contribution is 6.35. The van der Waals surface area contributed by atoms with Gasteiger partial charge >= 0.3 is 0 Å². The Balaban J connectivity index is 1.35. The molecular weight excluding hydrogens is 440 g/mol. The average molecular weight is 463 g/mol. The van der Waals surface area contributed by atoms with Gasteiger partial charge in [-0.25, -0.2) is 9.97 Å². The van der Waals surface area contributed by atoms with E-state index in [4.69, 9.17) is 17.3 Å². The number of nitrogens with zero attached hydrogens (tertiary/aromatic N) is 4. The van der Waals surface area contributed by atoms with Gasteiger partial charge in [-0.3, -0.25) is 9.69 Å². The molecule has 2 atom stereocenters. The van der Waals surface area contributed by atoms with Crippen LogP contribution in [0.5, 0.6) is 0 Å². The summed E-state index contributed by atoms with van der Waals surface area (Å²) in [6.07, 6.45) is 4.08. The van der Waals surface area contributed by atoms with Crippen LogP contribution >= 0.6 is 11.6 Å². The molecule has 33 heavy (non-hydrogen) atoms. The summed E-state index contributed by atoms with van der Waals surface area (Å²) in [6, 6.07) is 10.6. The number of hydrogen-bond acceptors (Lipinski definition) is 6. The lowest BCUT2D eigenvalue weighted by Crippen LogP contribution is -2.60. The Kier molecular flexibility index (Phi) is 5.47. The molecule has 1 aliphatic rings. The molecule has 3 heterocycles. The molecule has 1 saturated heterocycles. The smallest absolute Gasteiger partial charge is 0.254 e. The molecule has 9 heteroatoms. The van der Waals surface area contributed by atoms with Crippen molar-refractivity contribution in [3.63, 3.8) is 0 Å².